The summed E-state index contributed by atoms with van der Waals surface area (Å²) >= 11 is 0. The molecule has 0 fully saturated rings. The summed E-state index contributed by atoms with van der Waals surface area (Å²) in [5.41, 5.74) is 4.15. The molecule has 0 aliphatic heterocycles. The largest absolute Gasteiger partial charge is 0.484 e. The van der Waals surface area contributed by atoms with E-state index in [2.05, 4.69) is 16.5 Å². The molecule has 128 valence electrons. The SMILES string of the molecule is Cc1cc(C)cc(OCC(=O)NCc2cnn(-c3ccccc3)c2)c1. The Morgan fingerprint density at radius 1 is 1.12 bits per heavy atom. The second kappa shape index (κ2) is 7.66. The molecule has 5 heteroatoms. The van der Waals surface area contributed by atoms with Gasteiger partial charge in [0.05, 0.1) is 11.9 Å². The van der Waals surface area contributed by atoms with Crippen LogP contribution in [0.2, 0.25) is 0 Å². The van der Waals surface area contributed by atoms with Crippen molar-refractivity contribution in [1.82, 2.24) is 15.1 Å². The van der Waals surface area contributed by atoms with Crippen molar-refractivity contribution in [3.8, 4) is 11.4 Å². The summed E-state index contributed by atoms with van der Waals surface area (Å²) in [7, 11) is 0. The Morgan fingerprint density at radius 2 is 1.84 bits per heavy atom. The van der Waals surface area contributed by atoms with Crippen LogP contribution in [0.25, 0.3) is 5.69 Å². The lowest BCUT2D eigenvalue weighted by Gasteiger charge is -2.08. The highest BCUT2D eigenvalue weighted by Crippen LogP contribution is 2.16. The van der Waals surface area contributed by atoms with Crippen molar-refractivity contribution in [2.75, 3.05) is 6.61 Å². The molecule has 0 saturated carbocycles. The van der Waals surface area contributed by atoms with E-state index >= 15 is 0 Å². The standard InChI is InChI=1S/C20H21N3O2/c1-15-8-16(2)10-19(9-15)25-14-20(24)21-11-17-12-22-23(13-17)18-6-4-3-5-7-18/h3-10,12-13H,11,14H2,1-2H3,(H,21,24). The van der Waals surface area contributed by atoms with Crippen LogP contribution < -0.4 is 10.1 Å². The number of aromatic nitrogens is 2. The molecule has 0 aliphatic carbocycles. The van der Waals surface area contributed by atoms with Gasteiger partial charge in [0, 0.05) is 18.3 Å². The van der Waals surface area contributed by atoms with Gasteiger partial charge in [-0.1, -0.05) is 24.3 Å². The fourth-order valence-corrected chi connectivity index (χ4v) is 2.59. The van der Waals surface area contributed by atoms with E-state index < -0.39 is 0 Å². The van der Waals surface area contributed by atoms with Gasteiger partial charge in [0.25, 0.3) is 5.91 Å². The molecule has 0 spiro atoms. The van der Waals surface area contributed by atoms with E-state index in [0.717, 1.165) is 22.4 Å². The molecular weight excluding hydrogens is 314 g/mol. The lowest BCUT2D eigenvalue weighted by atomic mass is 10.1. The predicted molar refractivity (Wildman–Crippen MR) is 96.8 cm³/mol. The Balaban J connectivity index is 1.50. The van der Waals surface area contributed by atoms with Gasteiger partial charge in [0.1, 0.15) is 5.75 Å². The summed E-state index contributed by atoms with van der Waals surface area (Å²) in [5.74, 6) is 0.552. The van der Waals surface area contributed by atoms with Crippen molar-refractivity contribution < 1.29 is 9.53 Å². The third-order valence-corrected chi connectivity index (χ3v) is 3.71. The van der Waals surface area contributed by atoms with Gasteiger partial charge < -0.3 is 10.1 Å². The van der Waals surface area contributed by atoms with Crippen LogP contribution in [0.1, 0.15) is 16.7 Å². The lowest BCUT2D eigenvalue weighted by Crippen LogP contribution is -2.28. The zero-order chi connectivity index (χ0) is 17.6. The molecule has 3 aromatic rings. The molecule has 0 unspecified atom stereocenters. The van der Waals surface area contributed by atoms with Crippen molar-refractivity contribution in [2.24, 2.45) is 0 Å². The second-order valence-corrected chi connectivity index (χ2v) is 6.02. The summed E-state index contributed by atoms with van der Waals surface area (Å²) in [6, 6.07) is 15.8. The number of nitrogens with one attached hydrogen (secondary N) is 1. The molecule has 1 heterocycles. The molecule has 2 aromatic carbocycles. The summed E-state index contributed by atoms with van der Waals surface area (Å²) in [6.07, 6.45) is 3.65. The van der Waals surface area contributed by atoms with Gasteiger partial charge in [-0.2, -0.15) is 5.10 Å². The molecule has 0 radical (unpaired) electrons. The average Bonchev–Trinajstić information content (AvgIpc) is 3.07. The van der Waals surface area contributed by atoms with Crippen LogP contribution in [0.4, 0.5) is 0 Å². The summed E-state index contributed by atoms with van der Waals surface area (Å²) in [5, 5.41) is 7.16. The minimum atomic E-state index is -0.161. The van der Waals surface area contributed by atoms with Crippen LogP contribution in [0.15, 0.2) is 60.9 Å². The molecule has 25 heavy (non-hydrogen) atoms. The molecule has 5 nitrogen and oxygen atoms in total. The molecule has 0 saturated heterocycles. The van der Waals surface area contributed by atoms with Crippen molar-refractivity contribution in [3.05, 3.63) is 77.6 Å². The fourth-order valence-electron chi connectivity index (χ4n) is 2.59. The number of nitrogens with zero attached hydrogens (tertiary/aromatic N) is 2. The molecule has 3 rings (SSSR count). The number of amides is 1. The first-order valence-electron chi connectivity index (χ1n) is 8.17. The molecule has 0 aliphatic rings. The first kappa shape index (κ1) is 16.8. The van der Waals surface area contributed by atoms with E-state index in [-0.39, 0.29) is 12.5 Å². The maximum atomic E-state index is 12.0. The number of rotatable bonds is 6. The van der Waals surface area contributed by atoms with Crippen molar-refractivity contribution in [3.63, 3.8) is 0 Å². The second-order valence-electron chi connectivity index (χ2n) is 6.02. The molecular formula is C20H21N3O2. The number of hydrogen-bond donors (Lipinski definition) is 1. The zero-order valence-electron chi connectivity index (χ0n) is 14.4. The Hall–Kier alpha value is -3.08. The maximum Gasteiger partial charge on any atom is 0.258 e. The number of benzene rings is 2. The first-order chi connectivity index (χ1) is 12.1. The van der Waals surface area contributed by atoms with Crippen molar-refractivity contribution in [1.29, 1.82) is 0 Å². The highest BCUT2D eigenvalue weighted by molar-refractivity contribution is 5.77. The minimum absolute atomic E-state index is 0.00425. The van der Waals surface area contributed by atoms with Crippen LogP contribution in [0.3, 0.4) is 0 Å². The number of para-hydroxylation sites is 1. The van der Waals surface area contributed by atoms with Crippen LogP contribution in [0, 0.1) is 13.8 Å². The third-order valence-electron chi connectivity index (χ3n) is 3.71. The Kier molecular flexibility index (Phi) is 5.14. The molecule has 1 amide bonds. The number of carbonyl (C=O) groups excluding carboxylic acids is 1. The fraction of sp³-hybridized carbons (Fsp3) is 0.200. The lowest BCUT2D eigenvalue weighted by molar-refractivity contribution is -0.123. The van der Waals surface area contributed by atoms with E-state index in [1.54, 1.807) is 10.9 Å². The third kappa shape index (κ3) is 4.70. The highest BCUT2D eigenvalue weighted by Gasteiger charge is 2.06. The van der Waals surface area contributed by atoms with E-state index in [1.165, 1.54) is 0 Å². The Labute approximate surface area is 147 Å². The normalized spacial score (nSPS) is 10.5. The summed E-state index contributed by atoms with van der Waals surface area (Å²) in [4.78, 5) is 12.0. The van der Waals surface area contributed by atoms with Crippen LogP contribution in [-0.4, -0.2) is 22.3 Å². The quantitative estimate of drug-likeness (QED) is 0.753. The van der Waals surface area contributed by atoms with Crippen molar-refractivity contribution >= 4 is 5.91 Å². The van der Waals surface area contributed by atoms with Gasteiger partial charge in [-0.3, -0.25) is 4.79 Å². The topological polar surface area (TPSA) is 56.1 Å². The van der Waals surface area contributed by atoms with E-state index in [9.17, 15) is 4.79 Å². The smallest absolute Gasteiger partial charge is 0.258 e. The Morgan fingerprint density at radius 3 is 2.56 bits per heavy atom. The number of hydrogen-bond acceptors (Lipinski definition) is 3. The van der Waals surface area contributed by atoms with E-state index in [0.29, 0.717) is 12.3 Å². The molecule has 0 bridgehead atoms. The maximum absolute atomic E-state index is 12.0. The van der Waals surface area contributed by atoms with Gasteiger partial charge in [-0.05, 0) is 49.2 Å². The van der Waals surface area contributed by atoms with Gasteiger partial charge in [0.15, 0.2) is 6.61 Å². The van der Waals surface area contributed by atoms with E-state index in [1.807, 2.05) is 62.5 Å². The first-order valence-corrected chi connectivity index (χ1v) is 8.17. The van der Waals surface area contributed by atoms with Gasteiger partial charge in [-0.25, -0.2) is 4.68 Å². The summed E-state index contributed by atoms with van der Waals surface area (Å²) in [6.45, 7) is 4.42. The zero-order valence-corrected chi connectivity index (χ0v) is 14.4. The minimum Gasteiger partial charge on any atom is -0.484 e. The number of aryl methyl sites for hydroxylation is 2. The van der Waals surface area contributed by atoms with Crippen molar-refractivity contribution in [2.45, 2.75) is 20.4 Å². The van der Waals surface area contributed by atoms with Crippen LogP contribution in [0.5, 0.6) is 5.75 Å². The van der Waals surface area contributed by atoms with Gasteiger partial charge in [0.2, 0.25) is 0 Å². The molecule has 0 atom stereocenters. The van der Waals surface area contributed by atoms with Gasteiger partial charge >= 0.3 is 0 Å². The molecule has 1 aromatic heterocycles. The predicted octanol–water partition coefficient (Wildman–Crippen LogP) is 3.18. The summed E-state index contributed by atoms with van der Waals surface area (Å²) < 4.78 is 7.34. The number of ether oxygens (including phenoxy) is 1. The van der Waals surface area contributed by atoms with Crippen LogP contribution >= 0.6 is 0 Å². The average molecular weight is 335 g/mol. The number of carbonyl (C=O) groups is 1. The molecule has 1 N–H and O–H groups in total. The van der Waals surface area contributed by atoms with Gasteiger partial charge in [-0.15, -0.1) is 0 Å². The van der Waals surface area contributed by atoms with E-state index in [4.69, 9.17) is 4.74 Å². The van der Waals surface area contributed by atoms with Crippen LogP contribution in [-0.2, 0) is 11.3 Å². The highest BCUT2D eigenvalue weighted by atomic mass is 16.5. The Bertz CT molecular complexity index is 836. The monoisotopic (exact) mass is 335 g/mol.